The van der Waals surface area contributed by atoms with Gasteiger partial charge >= 0.3 is 5.97 Å². The summed E-state index contributed by atoms with van der Waals surface area (Å²) in [6.45, 7) is 0.727. The molecule has 1 aromatic heterocycles. The lowest BCUT2D eigenvalue weighted by Crippen LogP contribution is -2.41. The first kappa shape index (κ1) is 33.4. The Labute approximate surface area is 279 Å². The second-order valence-corrected chi connectivity index (χ2v) is 13.7. The molecule has 0 radical (unpaired) electrons. The molecule has 2 aliphatic carbocycles. The maximum Gasteiger partial charge on any atom is 0.306 e. The van der Waals surface area contributed by atoms with E-state index < -0.39 is 17.7 Å². The predicted octanol–water partition coefficient (Wildman–Crippen LogP) is 6.74. The molecule has 11 heteroatoms. The van der Waals surface area contributed by atoms with E-state index in [1.54, 1.807) is 11.1 Å². The van der Waals surface area contributed by atoms with Crippen molar-refractivity contribution in [1.29, 1.82) is 0 Å². The number of carboxylic acids is 1. The second kappa shape index (κ2) is 14.7. The molecule has 1 saturated heterocycles. The number of halogens is 2. The minimum Gasteiger partial charge on any atom is -0.481 e. The third-order valence-corrected chi connectivity index (χ3v) is 10.4. The number of aromatic nitrogens is 1. The molecule has 0 spiro atoms. The monoisotopic (exact) mass is 667 g/mol. The first-order chi connectivity index (χ1) is 22.7. The fraction of sp³-hybridized carbons (Fsp3) is 0.528. The van der Waals surface area contributed by atoms with Crippen LogP contribution in [0.15, 0.2) is 42.6 Å². The third-order valence-electron chi connectivity index (χ3n) is 10.0. The lowest BCUT2D eigenvalue weighted by atomic mass is 9.87. The number of ether oxygens (including phenoxy) is 2. The van der Waals surface area contributed by atoms with Crippen LogP contribution in [0.25, 0.3) is 10.9 Å². The summed E-state index contributed by atoms with van der Waals surface area (Å²) in [4.78, 5) is 40.0. The van der Waals surface area contributed by atoms with E-state index in [2.05, 4.69) is 5.32 Å². The van der Waals surface area contributed by atoms with E-state index in [-0.39, 0.29) is 58.9 Å². The van der Waals surface area contributed by atoms with E-state index in [9.17, 15) is 19.5 Å². The van der Waals surface area contributed by atoms with E-state index >= 15 is 4.39 Å². The van der Waals surface area contributed by atoms with E-state index in [1.807, 2.05) is 35.9 Å². The fourth-order valence-electron chi connectivity index (χ4n) is 7.43. The molecule has 2 atom stereocenters. The van der Waals surface area contributed by atoms with E-state index in [4.69, 9.17) is 21.1 Å². The van der Waals surface area contributed by atoms with Crippen LogP contribution in [0.2, 0.25) is 5.02 Å². The van der Waals surface area contributed by atoms with Crippen molar-refractivity contribution in [2.24, 2.45) is 13.0 Å². The lowest BCUT2D eigenvalue weighted by Gasteiger charge is -2.30. The van der Waals surface area contributed by atoms with Gasteiger partial charge in [0.1, 0.15) is 5.82 Å². The van der Waals surface area contributed by atoms with Gasteiger partial charge in [-0.1, -0.05) is 49.1 Å². The SMILES string of the molecule is Cn1cc(C(=O)Nc2cc(F)c(CC(=O)N3C[C@@H](OC4CCCCC4)C[C@H]3CO[C@H]3CC[C@H](C(=O)O)CC3)cc2Cl)c2ccccc21. The number of para-hydroxylation sites is 1. The van der Waals surface area contributed by atoms with Gasteiger partial charge in [-0.3, -0.25) is 14.4 Å². The highest BCUT2D eigenvalue weighted by molar-refractivity contribution is 6.34. The van der Waals surface area contributed by atoms with Crippen molar-refractivity contribution in [3.8, 4) is 0 Å². The summed E-state index contributed by atoms with van der Waals surface area (Å²) in [7, 11) is 1.85. The molecular weight excluding hydrogens is 625 g/mol. The minimum absolute atomic E-state index is 0.0475. The minimum atomic E-state index is -0.758. The molecule has 2 amide bonds. The Morgan fingerprint density at radius 2 is 1.74 bits per heavy atom. The maximum atomic E-state index is 15.5. The molecule has 3 aliphatic rings. The molecule has 2 N–H and O–H groups in total. The van der Waals surface area contributed by atoms with Crippen molar-refractivity contribution >= 4 is 46.0 Å². The number of anilines is 1. The number of rotatable bonds is 10. The van der Waals surface area contributed by atoms with Gasteiger partial charge in [0.15, 0.2) is 0 Å². The number of nitrogens with one attached hydrogen (secondary N) is 1. The molecule has 2 aromatic carbocycles. The number of carbonyl (C=O) groups is 3. The molecule has 3 fully saturated rings. The Kier molecular flexibility index (Phi) is 10.5. The first-order valence-electron chi connectivity index (χ1n) is 16.8. The van der Waals surface area contributed by atoms with Gasteiger partial charge in [-0.25, -0.2) is 4.39 Å². The summed E-state index contributed by atoms with van der Waals surface area (Å²) in [6, 6.07) is 9.86. The molecule has 2 saturated carbocycles. The van der Waals surface area contributed by atoms with Gasteiger partial charge in [0.05, 0.1) is 59.6 Å². The summed E-state index contributed by atoms with van der Waals surface area (Å²) in [5.74, 6) is -2.37. The Bertz CT molecular complexity index is 1610. The zero-order valence-electron chi connectivity index (χ0n) is 26.8. The number of hydrogen-bond acceptors (Lipinski definition) is 5. The number of likely N-dealkylation sites (tertiary alicyclic amines) is 1. The summed E-state index contributed by atoms with van der Waals surface area (Å²) >= 11 is 6.54. The molecule has 252 valence electrons. The van der Waals surface area contributed by atoms with Crippen molar-refractivity contribution in [2.45, 2.75) is 95.0 Å². The van der Waals surface area contributed by atoms with Crippen LogP contribution in [0.3, 0.4) is 0 Å². The third kappa shape index (κ3) is 7.82. The Hall–Kier alpha value is -3.47. The lowest BCUT2D eigenvalue weighted by molar-refractivity contribution is -0.144. The van der Waals surface area contributed by atoms with Crippen molar-refractivity contribution in [3.63, 3.8) is 0 Å². The molecule has 0 unspecified atom stereocenters. The van der Waals surface area contributed by atoms with Gasteiger partial charge in [0.2, 0.25) is 5.91 Å². The Morgan fingerprint density at radius 3 is 2.49 bits per heavy atom. The summed E-state index contributed by atoms with van der Waals surface area (Å²) < 4.78 is 30.0. The zero-order valence-corrected chi connectivity index (χ0v) is 27.5. The van der Waals surface area contributed by atoms with E-state index in [0.29, 0.717) is 50.8 Å². The van der Waals surface area contributed by atoms with Gasteiger partial charge in [-0.05, 0) is 68.7 Å². The predicted molar refractivity (Wildman–Crippen MR) is 177 cm³/mol. The number of aryl methyl sites for hydroxylation is 1. The van der Waals surface area contributed by atoms with Crippen LogP contribution < -0.4 is 5.32 Å². The topological polar surface area (TPSA) is 110 Å². The van der Waals surface area contributed by atoms with Gasteiger partial charge in [-0.2, -0.15) is 0 Å². The number of aliphatic carboxylic acids is 1. The summed E-state index contributed by atoms with van der Waals surface area (Å²) in [5, 5.41) is 13.0. The van der Waals surface area contributed by atoms with Crippen LogP contribution in [0, 0.1) is 11.7 Å². The largest absolute Gasteiger partial charge is 0.481 e. The van der Waals surface area contributed by atoms with E-state index in [1.165, 1.54) is 18.6 Å². The van der Waals surface area contributed by atoms with Gasteiger partial charge in [0, 0.05) is 30.7 Å². The van der Waals surface area contributed by atoms with Gasteiger partial charge in [-0.15, -0.1) is 0 Å². The maximum absolute atomic E-state index is 15.5. The Balaban J connectivity index is 1.12. The first-order valence-corrected chi connectivity index (χ1v) is 17.2. The number of nitrogens with zero attached hydrogens (tertiary/aromatic N) is 2. The Morgan fingerprint density at radius 1 is 1.00 bits per heavy atom. The number of hydrogen-bond donors (Lipinski definition) is 2. The van der Waals surface area contributed by atoms with E-state index in [0.717, 1.165) is 36.6 Å². The van der Waals surface area contributed by atoms with Crippen molar-refractivity contribution in [1.82, 2.24) is 9.47 Å². The smallest absolute Gasteiger partial charge is 0.306 e. The molecule has 3 aromatic rings. The highest BCUT2D eigenvalue weighted by atomic mass is 35.5. The van der Waals surface area contributed by atoms with Gasteiger partial charge < -0.3 is 29.4 Å². The van der Waals surface area contributed by atoms with Crippen LogP contribution in [0.1, 0.15) is 80.1 Å². The van der Waals surface area contributed by atoms with Crippen molar-refractivity contribution in [3.05, 3.63) is 64.6 Å². The van der Waals surface area contributed by atoms with Crippen LogP contribution in [-0.2, 0) is 32.5 Å². The number of carbonyl (C=O) groups excluding carboxylic acids is 2. The van der Waals surface area contributed by atoms with Crippen LogP contribution in [-0.4, -0.2) is 69.9 Å². The fourth-order valence-corrected chi connectivity index (χ4v) is 7.66. The summed E-state index contributed by atoms with van der Waals surface area (Å²) in [6.07, 6.45) is 10.2. The molecular formula is C36H43ClFN3O6. The molecule has 6 rings (SSSR count). The van der Waals surface area contributed by atoms with Crippen molar-refractivity contribution < 1.29 is 33.4 Å². The highest BCUT2D eigenvalue weighted by Gasteiger charge is 2.38. The molecule has 1 aliphatic heterocycles. The van der Waals surface area contributed by atoms with Gasteiger partial charge in [0.25, 0.3) is 5.91 Å². The summed E-state index contributed by atoms with van der Waals surface area (Å²) in [5.41, 5.74) is 1.61. The average Bonchev–Trinajstić information content (AvgIpc) is 3.63. The normalized spacial score (nSPS) is 23.7. The molecule has 47 heavy (non-hydrogen) atoms. The standard InChI is InChI=1S/C36H43ClFN3O6/c1-40-20-29(28-9-5-6-10-33(28)40)35(43)39-32-18-31(38)23(15-30(32)37)16-34(42)41-19-27(47-26-7-3-2-4-8-26)17-24(41)21-46-25-13-11-22(12-14-25)36(44)45/h5-6,9-10,15,18,20,22,24-27H,2-4,7-8,11-14,16-17,19,21H2,1H3,(H,39,43)(H,44,45)/t22-,24-,25-,27-/m0/s1. The van der Waals surface area contributed by atoms with Crippen LogP contribution in [0.5, 0.6) is 0 Å². The molecule has 0 bridgehead atoms. The number of amides is 2. The number of fused-ring (bicyclic) bond motifs is 1. The number of carboxylic acid groups (broad SMARTS) is 1. The second-order valence-electron chi connectivity index (χ2n) is 13.3. The van der Waals surface area contributed by atoms with Crippen molar-refractivity contribution in [2.75, 3.05) is 18.5 Å². The van der Waals surface area contributed by atoms with Crippen LogP contribution in [0.4, 0.5) is 10.1 Å². The van der Waals surface area contributed by atoms with Crippen LogP contribution >= 0.6 is 11.6 Å². The number of benzene rings is 2. The quantitative estimate of drug-likeness (QED) is 0.248. The molecule has 2 heterocycles. The zero-order chi connectivity index (χ0) is 33.1. The highest BCUT2D eigenvalue weighted by Crippen LogP contribution is 2.32. The average molecular weight is 668 g/mol. The molecule has 9 nitrogen and oxygen atoms in total.